The zero-order chi connectivity index (χ0) is 23.3. The number of rotatable bonds is 7. The number of thioether (sulfide) groups is 1. The minimum absolute atomic E-state index is 0.202. The Morgan fingerprint density at radius 1 is 1.00 bits per heavy atom. The van der Waals surface area contributed by atoms with Gasteiger partial charge in [0, 0.05) is 19.2 Å². The topological polar surface area (TPSA) is 89.1 Å². The highest BCUT2D eigenvalue weighted by Crippen LogP contribution is 2.38. The van der Waals surface area contributed by atoms with Gasteiger partial charge in [-0.3, -0.25) is 9.36 Å². The molecule has 1 saturated heterocycles. The maximum atomic E-state index is 13.4. The molecule has 1 fully saturated rings. The average Bonchev–Trinajstić information content (AvgIpc) is 3.49. The molecule has 0 aliphatic carbocycles. The fourth-order valence-electron chi connectivity index (χ4n) is 4.06. The van der Waals surface area contributed by atoms with Gasteiger partial charge in [0.1, 0.15) is 11.0 Å². The van der Waals surface area contributed by atoms with Crippen molar-refractivity contribution >= 4 is 29.4 Å². The number of piperidine rings is 1. The van der Waals surface area contributed by atoms with Gasteiger partial charge >= 0.3 is 0 Å². The summed E-state index contributed by atoms with van der Waals surface area (Å²) in [6.07, 6.45) is 3.50. The first-order valence-corrected chi connectivity index (χ1v) is 12.3. The Hall–Kier alpha value is -3.59. The molecule has 0 bridgehead atoms. The minimum atomic E-state index is -0.556. The van der Waals surface area contributed by atoms with Crippen LogP contribution < -0.4 is 10.2 Å². The van der Waals surface area contributed by atoms with E-state index in [-0.39, 0.29) is 5.91 Å². The molecular formula is C25H26N6O2S. The smallest absolute Gasteiger partial charge is 0.243 e. The van der Waals surface area contributed by atoms with Gasteiger partial charge in [-0.25, -0.2) is 0 Å². The first-order chi connectivity index (χ1) is 16.7. The molecule has 2 aromatic carbocycles. The van der Waals surface area contributed by atoms with Crippen molar-refractivity contribution in [3.05, 3.63) is 78.1 Å². The summed E-state index contributed by atoms with van der Waals surface area (Å²) < 4.78 is 7.17. The molecule has 174 valence electrons. The van der Waals surface area contributed by atoms with Gasteiger partial charge < -0.3 is 14.7 Å². The molecule has 1 amide bonds. The van der Waals surface area contributed by atoms with Crippen LogP contribution in [0.25, 0.3) is 5.69 Å². The average molecular weight is 475 g/mol. The Kier molecular flexibility index (Phi) is 6.62. The normalized spacial score (nSPS) is 14.7. The van der Waals surface area contributed by atoms with Crippen molar-refractivity contribution in [3.8, 4) is 5.69 Å². The van der Waals surface area contributed by atoms with E-state index in [9.17, 15) is 4.79 Å². The van der Waals surface area contributed by atoms with Crippen molar-refractivity contribution in [2.24, 2.45) is 0 Å². The maximum Gasteiger partial charge on any atom is 0.243 e. The molecule has 34 heavy (non-hydrogen) atoms. The van der Waals surface area contributed by atoms with E-state index in [1.165, 1.54) is 18.2 Å². The van der Waals surface area contributed by atoms with Gasteiger partial charge in [-0.05, 0) is 43.9 Å². The number of nitrogens with one attached hydrogen (secondary N) is 1. The standard InChI is InChI=1S/C25H26N6O2S/c1-18-17-21(29-33-18)26-23(32)22(19-11-5-2-6-12-19)34-25-28-27-24(30-15-9-4-10-16-30)31(25)20-13-7-3-8-14-20/h2-3,5-8,11-14,17,22H,4,9-10,15-16H2,1H3,(H,26,29,32). The highest BCUT2D eigenvalue weighted by Gasteiger charge is 2.28. The number of carbonyl (C=O) groups excluding carboxylic acids is 1. The third-order valence-electron chi connectivity index (χ3n) is 5.71. The summed E-state index contributed by atoms with van der Waals surface area (Å²) in [6, 6.07) is 21.4. The van der Waals surface area contributed by atoms with Gasteiger partial charge in [-0.15, -0.1) is 10.2 Å². The predicted molar refractivity (Wildman–Crippen MR) is 132 cm³/mol. The monoisotopic (exact) mass is 474 g/mol. The number of anilines is 2. The SMILES string of the molecule is Cc1cc(NC(=O)C(Sc2nnc(N3CCCCC3)n2-c2ccccc2)c2ccccc2)no1. The Morgan fingerprint density at radius 2 is 1.71 bits per heavy atom. The van der Waals surface area contributed by atoms with E-state index in [0.717, 1.165) is 43.1 Å². The molecule has 9 heteroatoms. The van der Waals surface area contributed by atoms with Crippen LogP contribution in [0.15, 0.2) is 76.4 Å². The van der Waals surface area contributed by atoms with Crippen molar-refractivity contribution in [2.75, 3.05) is 23.3 Å². The zero-order valence-corrected chi connectivity index (χ0v) is 19.7. The summed E-state index contributed by atoms with van der Waals surface area (Å²) in [5.41, 5.74) is 1.84. The number of amides is 1. The number of hydrogen-bond donors (Lipinski definition) is 1. The summed E-state index contributed by atoms with van der Waals surface area (Å²) in [4.78, 5) is 15.7. The second kappa shape index (κ2) is 10.1. The molecule has 5 rings (SSSR count). The molecule has 8 nitrogen and oxygen atoms in total. The fourth-order valence-corrected chi connectivity index (χ4v) is 5.11. The van der Waals surface area contributed by atoms with Gasteiger partial charge in [0.2, 0.25) is 11.9 Å². The number of benzene rings is 2. The predicted octanol–water partition coefficient (Wildman–Crippen LogP) is 5.03. The van der Waals surface area contributed by atoms with E-state index >= 15 is 0 Å². The first-order valence-electron chi connectivity index (χ1n) is 11.4. The van der Waals surface area contributed by atoms with Crippen molar-refractivity contribution in [1.29, 1.82) is 0 Å². The van der Waals surface area contributed by atoms with Gasteiger partial charge in [0.15, 0.2) is 11.0 Å². The number of aryl methyl sites for hydroxylation is 1. The molecule has 0 spiro atoms. The summed E-state index contributed by atoms with van der Waals surface area (Å²) in [7, 11) is 0. The van der Waals surface area contributed by atoms with Crippen LogP contribution in [-0.2, 0) is 4.79 Å². The number of aromatic nitrogens is 4. The minimum Gasteiger partial charge on any atom is -0.360 e. The molecule has 1 unspecified atom stereocenters. The van der Waals surface area contributed by atoms with Crippen molar-refractivity contribution in [3.63, 3.8) is 0 Å². The molecular weight excluding hydrogens is 448 g/mol. The van der Waals surface area contributed by atoms with Crippen LogP contribution in [0.5, 0.6) is 0 Å². The lowest BCUT2D eigenvalue weighted by Crippen LogP contribution is -2.31. The molecule has 1 aliphatic heterocycles. The van der Waals surface area contributed by atoms with Crippen LogP contribution in [-0.4, -0.2) is 38.9 Å². The molecule has 3 heterocycles. The van der Waals surface area contributed by atoms with E-state index in [2.05, 4.69) is 30.1 Å². The summed E-state index contributed by atoms with van der Waals surface area (Å²) in [6.45, 7) is 3.68. The lowest BCUT2D eigenvalue weighted by molar-refractivity contribution is -0.115. The summed E-state index contributed by atoms with van der Waals surface area (Å²) in [5.74, 6) is 1.64. The third kappa shape index (κ3) is 4.84. The van der Waals surface area contributed by atoms with E-state index in [1.54, 1.807) is 13.0 Å². The lowest BCUT2D eigenvalue weighted by atomic mass is 10.1. The molecule has 4 aromatic rings. The highest BCUT2D eigenvalue weighted by molar-refractivity contribution is 8.00. The maximum absolute atomic E-state index is 13.4. The Labute approximate surface area is 202 Å². The van der Waals surface area contributed by atoms with Gasteiger partial charge in [0.05, 0.1) is 5.69 Å². The molecule has 0 radical (unpaired) electrons. The van der Waals surface area contributed by atoms with Crippen LogP contribution in [0.3, 0.4) is 0 Å². The van der Waals surface area contributed by atoms with Crippen LogP contribution in [0.2, 0.25) is 0 Å². The Bertz CT molecular complexity index is 1230. The molecule has 2 aromatic heterocycles. The second-order valence-electron chi connectivity index (χ2n) is 8.22. The molecule has 1 N–H and O–H groups in total. The lowest BCUT2D eigenvalue weighted by Gasteiger charge is -2.28. The van der Waals surface area contributed by atoms with Crippen LogP contribution in [0.1, 0.15) is 35.8 Å². The summed E-state index contributed by atoms with van der Waals surface area (Å²) >= 11 is 1.37. The van der Waals surface area contributed by atoms with E-state index in [0.29, 0.717) is 16.7 Å². The van der Waals surface area contributed by atoms with Crippen LogP contribution in [0.4, 0.5) is 11.8 Å². The molecule has 1 atom stereocenters. The largest absolute Gasteiger partial charge is 0.360 e. The van der Waals surface area contributed by atoms with E-state index in [1.807, 2.05) is 60.7 Å². The number of para-hydroxylation sites is 1. The fraction of sp³-hybridized carbons (Fsp3) is 0.280. The van der Waals surface area contributed by atoms with Crippen LogP contribution >= 0.6 is 11.8 Å². The zero-order valence-electron chi connectivity index (χ0n) is 18.9. The molecule has 1 aliphatic rings. The third-order valence-corrected chi connectivity index (χ3v) is 6.91. The van der Waals surface area contributed by atoms with Gasteiger partial charge in [-0.1, -0.05) is 65.4 Å². The number of carbonyl (C=O) groups is 1. The van der Waals surface area contributed by atoms with E-state index in [4.69, 9.17) is 4.52 Å². The summed E-state index contributed by atoms with van der Waals surface area (Å²) in [5, 5.41) is 16.0. The van der Waals surface area contributed by atoms with Crippen LogP contribution in [0, 0.1) is 6.92 Å². The Balaban J connectivity index is 1.51. The van der Waals surface area contributed by atoms with Gasteiger partial charge in [-0.2, -0.15) is 0 Å². The Morgan fingerprint density at radius 3 is 2.38 bits per heavy atom. The number of hydrogen-bond acceptors (Lipinski definition) is 7. The van der Waals surface area contributed by atoms with Gasteiger partial charge in [0.25, 0.3) is 0 Å². The van der Waals surface area contributed by atoms with Crippen molar-refractivity contribution in [2.45, 2.75) is 36.6 Å². The van der Waals surface area contributed by atoms with E-state index < -0.39 is 5.25 Å². The highest BCUT2D eigenvalue weighted by atomic mass is 32.2. The first kappa shape index (κ1) is 22.2. The van der Waals surface area contributed by atoms with Crippen molar-refractivity contribution in [1.82, 2.24) is 19.9 Å². The van der Waals surface area contributed by atoms with Crippen molar-refractivity contribution < 1.29 is 9.32 Å². The molecule has 0 saturated carbocycles. The number of nitrogens with zero attached hydrogens (tertiary/aromatic N) is 5. The second-order valence-corrected chi connectivity index (χ2v) is 9.29. The quantitative estimate of drug-likeness (QED) is 0.376.